The predicted molar refractivity (Wildman–Crippen MR) is 104 cm³/mol. The summed E-state index contributed by atoms with van der Waals surface area (Å²) in [6.07, 6.45) is 0.291. The summed E-state index contributed by atoms with van der Waals surface area (Å²) in [7, 11) is 0. The highest BCUT2D eigenvalue weighted by Crippen LogP contribution is 2.15. The van der Waals surface area contributed by atoms with Crippen molar-refractivity contribution in [2.45, 2.75) is 19.6 Å². The van der Waals surface area contributed by atoms with E-state index in [2.05, 4.69) is 5.32 Å². The van der Waals surface area contributed by atoms with E-state index in [0.717, 1.165) is 16.7 Å². The molecule has 3 aromatic carbocycles. The van der Waals surface area contributed by atoms with E-state index in [9.17, 15) is 9.18 Å². The Morgan fingerprint density at radius 3 is 2.33 bits per heavy atom. The van der Waals surface area contributed by atoms with Crippen molar-refractivity contribution in [2.75, 3.05) is 0 Å². The van der Waals surface area contributed by atoms with Crippen molar-refractivity contribution in [2.24, 2.45) is 0 Å². The van der Waals surface area contributed by atoms with Crippen LogP contribution in [-0.2, 0) is 24.4 Å². The summed E-state index contributed by atoms with van der Waals surface area (Å²) in [5, 5.41) is 3.51. The molecule has 0 saturated carbocycles. The molecule has 0 bridgehead atoms. The van der Waals surface area contributed by atoms with Crippen LogP contribution in [0.3, 0.4) is 0 Å². The Hall–Kier alpha value is -2.85. The van der Waals surface area contributed by atoms with Crippen LogP contribution in [-0.4, -0.2) is 5.91 Å². The number of ether oxygens (including phenoxy) is 1. The Morgan fingerprint density at radius 2 is 1.63 bits per heavy atom. The average Bonchev–Trinajstić information content (AvgIpc) is 2.67. The number of carbonyl (C=O) groups excluding carboxylic acids is 1. The van der Waals surface area contributed by atoms with Gasteiger partial charge in [-0.2, -0.15) is 0 Å². The van der Waals surface area contributed by atoms with Crippen molar-refractivity contribution in [3.05, 3.63) is 100 Å². The van der Waals surface area contributed by atoms with Crippen molar-refractivity contribution in [1.82, 2.24) is 5.32 Å². The third-order valence-corrected chi connectivity index (χ3v) is 4.22. The fourth-order valence-electron chi connectivity index (χ4n) is 2.55. The molecular formula is C22H19ClFNO2. The standard InChI is InChI=1S/C22H19ClFNO2/c23-19-3-1-2-18(12-19)13-22(26)25-14-16-6-10-21(11-7-16)27-15-17-4-8-20(24)9-5-17/h1-12H,13-15H2,(H,25,26). The van der Waals surface area contributed by atoms with Gasteiger partial charge in [-0.05, 0) is 53.1 Å². The zero-order valence-electron chi connectivity index (χ0n) is 14.6. The van der Waals surface area contributed by atoms with Gasteiger partial charge >= 0.3 is 0 Å². The van der Waals surface area contributed by atoms with Gasteiger partial charge in [0.05, 0.1) is 6.42 Å². The molecule has 3 aromatic rings. The lowest BCUT2D eigenvalue weighted by molar-refractivity contribution is -0.120. The lowest BCUT2D eigenvalue weighted by Gasteiger charge is -2.09. The molecule has 27 heavy (non-hydrogen) atoms. The van der Waals surface area contributed by atoms with Crippen molar-refractivity contribution >= 4 is 17.5 Å². The van der Waals surface area contributed by atoms with Crippen LogP contribution in [0, 0.1) is 5.82 Å². The summed E-state index contributed by atoms with van der Waals surface area (Å²) in [5.41, 5.74) is 2.75. The van der Waals surface area contributed by atoms with E-state index >= 15 is 0 Å². The van der Waals surface area contributed by atoms with Crippen molar-refractivity contribution < 1.29 is 13.9 Å². The van der Waals surface area contributed by atoms with E-state index < -0.39 is 0 Å². The first-order valence-corrected chi connectivity index (χ1v) is 8.93. The van der Waals surface area contributed by atoms with Gasteiger partial charge in [-0.1, -0.05) is 48.0 Å². The number of carbonyl (C=O) groups is 1. The predicted octanol–water partition coefficient (Wildman–Crippen LogP) is 4.92. The van der Waals surface area contributed by atoms with Gasteiger partial charge in [0.1, 0.15) is 18.2 Å². The summed E-state index contributed by atoms with van der Waals surface area (Å²) in [4.78, 5) is 12.0. The van der Waals surface area contributed by atoms with E-state index in [-0.39, 0.29) is 11.7 Å². The molecule has 3 nitrogen and oxygen atoms in total. The second-order valence-electron chi connectivity index (χ2n) is 6.14. The van der Waals surface area contributed by atoms with E-state index in [0.29, 0.717) is 30.3 Å². The number of halogens is 2. The van der Waals surface area contributed by atoms with E-state index in [1.165, 1.54) is 12.1 Å². The zero-order valence-corrected chi connectivity index (χ0v) is 15.4. The Balaban J connectivity index is 1.45. The molecule has 5 heteroatoms. The SMILES string of the molecule is O=C(Cc1cccc(Cl)c1)NCc1ccc(OCc2ccc(F)cc2)cc1. The van der Waals surface area contributed by atoms with Crippen LogP contribution < -0.4 is 10.1 Å². The van der Waals surface area contributed by atoms with Gasteiger partial charge in [0.25, 0.3) is 0 Å². The first-order chi connectivity index (χ1) is 13.1. The summed E-state index contributed by atoms with van der Waals surface area (Å²) in [5.74, 6) is 0.391. The fourth-order valence-corrected chi connectivity index (χ4v) is 2.76. The van der Waals surface area contributed by atoms with Crippen molar-refractivity contribution in [3.8, 4) is 5.75 Å². The van der Waals surface area contributed by atoms with E-state index in [1.807, 2.05) is 36.4 Å². The van der Waals surface area contributed by atoms with E-state index in [4.69, 9.17) is 16.3 Å². The Morgan fingerprint density at radius 1 is 0.926 bits per heavy atom. The fraction of sp³-hybridized carbons (Fsp3) is 0.136. The Kier molecular flexibility index (Phi) is 6.44. The number of nitrogens with one attached hydrogen (secondary N) is 1. The quantitative estimate of drug-likeness (QED) is 0.629. The van der Waals surface area contributed by atoms with Gasteiger partial charge in [-0.15, -0.1) is 0 Å². The molecule has 0 atom stereocenters. The normalized spacial score (nSPS) is 10.4. The van der Waals surface area contributed by atoms with Gasteiger partial charge in [0.2, 0.25) is 5.91 Å². The molecule has 0 fully saturated rings. The number of hydrogen-bond donors (Lipinski definition) is 1. The molecule has 0 aliphatic heterocycles. The van der Waals surface area contributed by atoms with Crippen LogP contribution in [0.5, 0.6) is 5.75 Å². The van der Waals surface area contributed by atoms with Gasteiger partial charge in [-0.25, -0.2) is 4.39 Å². The highest BCUT2D eigenvalue weighted by molar-refractivity contribution is 6.30. The van der Waals surface area contributed by atoms with Crippen LogP contribution >= 0.6 is 11.6 Å². The van der Waals surface area contributed by atoms with Gasteiger partial charge in [-0.3, -0.25) is 4.79 Å². The first kappa shape index (κ1) is 18.9. The monoisotopic (exact) mass is 383 g/mol. The van der Waals surface area contributed by atoms with E-state index in [1.54, 1.807) is 24.3 Å². The minimum Gasteiger partial charge on any atom is -0.489 e. The second kappa shape index (κ2) is 9.19. The molecule has 1 amide bonds. The van der Waals surface area contributed by atoms with Crippen LogP contribution in [0.25, 0.3) is 0 Å². The molecule has 0 unspecified atom stereocenters. The molecular weight excluding hydrogens is 365 g/mol. The molecule has 0 aromatic heterocycles. The minimum atomic E-state index is -0.263. The first-order valence-electron chi connectivity index (χ1n) is 8.56. The largest absolute Gasteiger partial charge is 0.489 e. The molecule has 0 aliphatic carbocycles. The maximum absolute atomic E-state index is 12.9. The second-order valence-corrected chi connectivity index (χ2v) is 6.58. The lowest BCUT2D eigenvalue weighted by Crippen LogP contribution is -2.24. The Labute approximate surface area is 162 Å². The van der Waals surface area contributed by atoms with Gasteiger partial charge in [0, 0.05) is 11.6 Å². The van der Waals surface area contributed by atoms with Crippen molar-refractivity contribution in [3.63, 3.8) is 0 Å². The molecule has 0 saturated heterocycles. The van der Waals surface area contributed by atoms with Gasteiger partial charge in [0.15, 0.2) is 0 Å². The van der Waals surface area contributed by atoms with Crippen LogP contribution in [0.15, 0.2) is 72.8 Å². The van der Waals surface area contributed by atoms with Crippen LogP contribution in [0.2, 0.25) is 5.02 Å². The average molecular weight is 384 g/mol. The highest BCUT2D eigenvalue weighted by atomic mass is 35.5. The summed E-state index contributed by atoms with van der Waals surface area (Å²) >= 11 is 5.93. The summed E-state index contributed by atoms with van der Waals surface area (Å²) in [6, 6.07) is 21.0. The van der Waals surface area contributed by atoms with Gasteiger partial charge < -0.3 is 10.1 Å². The molecule has 1 N–H and O–H groups in total. The maximum Gasteiger partial charge on any atom is 0.224 e. The topological polar surface area (TPSA) is 38.3 Å². The third-order valence-electron chi connectivity index (χ3n) is 3.99. The molecule has 0 radical (unpaired) electrons. The third kappa shape index (κ3) is 6.12. The van der Waals surface area contributed by atoms with Crippen molar-refractivity contribution in [1.29, 1.82) is 0 Å². The molecule has 0 aliphatic rings. The van der Waals surface area contributed by atoms with Crippen LogP contribution in [0.4, 0.5) is 4.39 Å². The minimum absolute atomic E-state index is 0.0612. The summed E-state index contributed by atoms with van der Waals surface area (Å²) in [6.45, 7) is 0.813. The lowest BCUT2D eigenvalue weighted by atomic mass is 10.1. The molecule has 0 heterocycles. The molecule has 3 rings (SSSR count). The maximum atomic E-state index is 12.9. The molecule has 0 spiro atoms. The summed E-state index contributed by atoms with van der Waals surface area (Å²) < 4.78 is 18.6. The number of benzene rings is 3. The molecule has 138 valence electrons. The number of rotatable bonds is 7. The number of hydrogen-bond acceptors (Lipinski definition) is 2. The Bertz CT molecular complexity index is 895. The number of amides is 1. The van der Waals surface area contributed by atoms with Crippen LogP contribution in [0.1, 0.15) is 16.7 Å². The smallest absolute Gasteiger partial charge is 0.224 e. The highest BCUT2D eigenvalue weighted by Gasteiger charge is 2.04. The zero-order chi connectivity index (χ0) is 19.1.